The Balaban J connectivity index is 1.88. The summed E-state index contributed by atoms with van der Waals surface area (Å²) in [6.07, 6.45) is 0. The Hall–Kier alpha value is -2.29. The van der Waals surface area contributed by atoms with Crippen LogP contribution >= 0.6 is 11.3 Å². The lowest BCUT2D eigenvalue weighted by Crippen LogP contribution is -2.12. The van der Waals surface area contributed by atoms with Gasteiger partial charge in [-0.3, -0.25) is 4.79 Å². The molecule has 0 aliphatic heterocycles. The van der Waals surface area contributed by atoms with E-state index in [-0.39, 0.29) is 10.2 Å². The zero-order chi connectivity index (χ0) is 16.6. The molecular weight excluding hydrogens is 334 g/mol. The summed E-state index contributed by atoms with van der Waals surface area (Å²) in [4.78, 5) is 16.2. The SMILES string of the molecule is Cc1ccc(C(=O)Nc2ccc3sc(S(N)(=O)=O)nc3c2)cc1. The summed E-state index contributed by atoms with van der Waals surface area (Å²) in [7, 11) is -3.83. The molecule has 1 aromatic heterocycles. The number of nitrogens with one attached hydrogen (secondary N) is 1. The molecule has 0 radical (unpaired) electrons. The first-order valence-electron chi connectivity index (χ1n) is 6.64. The number of carbonyl (C=O) groups excluding carboxylic acids is 1. The summed E-state index contributed by atoms with van der Waals surface area (Å²) in [6.45, 7) is 1.95. The van der Waals surface area contributed by atoms with Crippen molar-refractivity contribution in [2.45, 2.75) is 11.3 Å². The molecule has 0 saturated heterocycles. The minimum Gasteiger partial charge on any atom is -0.322 e. The second kappa shape index (κ2) is 5.73. The molecule has 0 saturated carbocycles. The molecule has 6 nitrogen and oxygen atoms in total. The molecule has 0 unspecified atom stereocenters. The topological polar surface area (TPSA) is 102 Å². The van der Waals surface area contributed by atoms with E-state index in [2.05, 4.69) is 10.3 Å². The van der Waals surface area contributed by atoms with Crippen molar-refractivity contribution < 1.29 is 13.2 Å². The number of sulfonamides is 1. The Bertz CT molecular complexity index is 992. The number of nitrogens with two attached hydrogens (primary N) is 1. The van der Waals surface area contributed by atoms with Crippen LogP contribution in [0.2, 0.25) is 0 Å². The number of primary sulfonamides is 1. The van der Waals surface area contributed by atoms with Crippen LogP contribution in [-0.4, -0.2) is 19.3 Å². The van der Waals surface area contributed by atoms with Crippen LogP contribution in [-0.2, 0) is 10.0 Å². The van der Waals surface area contributed by atoms with Gasteiger partial charge in [0, 0.05) is 11.3 Å². The first-order chi connectivity index (χ1) is 10.8. The molecule has 0 atom stereocenters. The maximum atomic E-state index is 12.2. The molecule has 0 spiro atoms. The summed E-state index contributed by atoms with van der Waals surface area (Å²) >= 11 is 0.993. The number of fused-ring (bicyclic) bond motifs is 1. The minimum absolute atomic E-state index is 0.144. The zero-order valence-electron chi connectivity index (χ0n) is 12.1. The predicted molar refractivity (Wildman–Crippen MR) is 90.1 cm³/mol. The standard InChI is InChI=1S/C15H13N3O3S2/c1-9-2-4-10(5-3-9)14(19)17-11-6-7-13-12(8-11)18-15(22-13)23(16,20)21/h2-8H,1H3,(H,17,19)(H2,16,20,21). The molecule has 118 valence electrons. The van der Waals surface area contributed by atoms with Crippen molar-refractivity contribution in [1.29, 1.82) is 0 Å². The summed E-state index contributed by atoms with van der Waals surface area (Å²) in [5, 5.41) is 7.84. The van der Waals surface area contributed by atoms with Crippen molar-refractivity contribution >= 4 is 43.2 Å². The molecule has 8 heteroatoms. The van der Waals surface area contributed by atoms with E-state index in [1.807, 2.05) is 19.1 Å². The van der Waals surface area contributed by atoms with Gasteiger partial charge in [0.1, 0.15) is 0 Å². The van der Waals surface area contributed by atoms with E-state index in [0.717, 1.165) is 16.9 Å². The molecule has 2 aromatic carbocycles. The number of anilines is 1. The summed E-state index contributed by atoms with van der Waals surface area (Å²) < 4.78 is 23.2. The summed E-state index contributed by atoms with van der Waals surface area (Å²) in [5.74, 6) is -0.244. The van der Waals surface area contributed by atoms with Gasteiger partial charge in [-0.05, 0) is 37.3 Å². The molecule has 3 rings (SSSR count). The average molecular weight is 347 g/mol. The van der Waals surface area contributed by atoms with Gasteiger partial charge >= 0.3 is 0 Å². The van der Waals surface area contributed by atoms with Crippen LogP contribution in [0, 0.1) is 6.92 Å². The highest BCUT2D eigenvalue weighted by molar-refractivity contribution is 7.91. The quantitative estimate of drug-likeness (QED) is 0.760. The number of hydrogen-bond donors (Lipinski definition) is 2. The molecule has 23 heavy (non-hydrogen) atoms. The van der Waals surface area contributed by atoms with Gasteiger partial charge < -0.3 is 5.32 Å². The smallest absolute Gasteiger partial charge is 0.265 e. The Morgan fingerprint density at radius 2 is 1.87 bits per heavy atom. The number of thiazole rings is 1. The summed E-state index contributed by atoms with van der Waals surface area (Å²) in [6, 6.07) is 12.2. The van der Waals surface area contributed by atoms with E-state index in [0.29, 0.717) is 21.5 Å². The highest BCUT2D eigenvalue weighted by Gasteiger charge is 2.15. The van der Waals surface area contributed by atoms with Gasteiger partial charge in [-0.2, -0.15) is 0 Å². The van der Waals surface area contributed by atoms with Crippen molar-refractivity contribution in [2.75, 3.05) is 5.32 Å². The van der Waals surface area contributed by atoms with Crippen molar-refractivity contribution in [3.05, 3.63) is 53.6 Å². The lowest BCUT2D eigenvalue weighted by Gasteiger charge is -2.05. The van der Waals surface area contributed by atoms with Gasteiger partial charge in [-0.15, -0.1) is 11.3 Å². The van der Waals surface area contributed by atoms with Crippen LogP contribution < -0.4 is 10.5 Å². The van der Waals surface area contributed by atoms with E-state index >= 15 is 0 Å². The van der Waals surface area contributed by atoms with E-state index < -0.39 is 10.0 Å². The van der Waals surface area contributed by atoms with Crippen molar-refractivity contribution in [1.82, 2.24) is 4.98 Å². The zero-order valence-corrected chi connectivity index (χ0v) is 13.7. The molecule has 0 aliphatic carbocycles. The largest absolute Gasteiger partial charge is 0.322 e. The minimum atomic E-state index is -3.83. The fourth-order valence-electron chi connectivity index (χ4n) is 2.01. The highest BCUT2D eigenvalue weighted by Crippen LogP contribution is 2.27. The number of carbonyl (C=O) groups is 1. The van der Waals surface area contributed by atoms with Gasteiger partial charge in [-0.25, -0.2) is 18.5 Å². The van der Waals surface area contributed by atoms with E-state index in [1.165, 1.54) is 0 Å². The van der Waals surface area contributed by atoms with Crippen LogP contribution in [0.5, 0.6) is 0 Å². The monoisotopic (exact) mass is 347 g/mol. The molecule has 1 amide bonds. The number of nitrogens with zero attached hydrogens (tertiary/aromatic N) is 1. The molecule has 3 aromatic rings. The molecule has 3 N–H and O–H groups in total. The Morgan fingerprint density at radius 3 is 2.52 bits per heavy atom. The van der Waals surface area contributed by atoms with Crippen LogP contribution in [0.3, 0.4) is 0 Å². The Morgan fingerprint density at radius 1 is 1.17 bits per heavy atom. The number of aromatic nitrogens is 1. The normalized spacial score (nSPS) is 11.6. The van der Waals surface area contributed by atoms with E-state index in [9.17, 15) is 13.2 Å². The second-order valence-corrected chi connectivity index (χ2v) is 7.79. The molecule has 0 aliphatic rings. The van der Waals surface area contributed by atoms with Crippen LogP contribution in [0.1, 0.15) is 15.9 Å². The second-order valence-electron chi connectivity index (χ2n) is 5.03. The number of hydrogen-bond acceptors (Lipinski definition) is 5. The van der Waals surface area contributed by atoms with Gasteiger partial charge in [0.05, 0.1) is 10.2 Å². The number of benzene rings is 2. The highest BCUT2D eigenvalue weighted by atomic mass is 32.2. The Labute approximate surface area is 137 Å². The van der Waals surface area contributed by atoms with E-state index in [4.69, 9.17) is 5.14 Å². The van der Waals surface area contributed by atoms with Gasteiger partial charge in [-0.1, -0.05) is 17.7 Å². The first kappa shape index (κ1) is 15.6. The lowest BCUT2D eigenvalue weighted by atomic mass is 10.1. The fourth-order valence-corrected chi connectivity index (χ4v) is 3.65. The molecular formula is C15H13N3O3S2. The van der Waals surface area contributed by atoms with Crippen molar-refractivity contribution in [3.63, 3.8) is 0 Å². The first-order valence-corrected chi connectivity index (χ1v) is 9.00. The molecule has 0 fully saturated rings. The van der Waals surface area contributed by atoms with Crippen molar-refractivity contribution in [3.8, 4) is 0 Å². The average Bonchev–Trinajstić information content (AvgIpc) is 2.91. The van der Waals surface area contributed by atoms with Crippen LogP contribution in [0.15, 0.2) is 46.8 Å². The number of rotatable bonds is 3. The predicted octanol–water partition coefficient (Wildman–Crippen LogP) is 2.50. The third-order valence-electron chi connectivity index (χ3n) is 3.18. The van der Waals surface area contributed by atoms with Crippen LogP contribution in [0.4, 0.5) is 5.69 Å². The maximum Gasteiger partial charge on any atom is 0.265 e. The maximum absolute atomic E-state index is 12.2. The van der Waals surface area contributed by atoms with Crippen molar-refractivity contribution in [2.24, 2.45) is 5.14 Å². The van der Waals surface area contributed by atoms with Crippen LogP contribution in [0.25, 0.3) is 10.2 Å². The van der Waals surface area contributed by atoms with Gasteiger partial charge in [0.25, 0.3) is 15.9 Å². The number of amides is 1. The van der Waals surface area contributed by atoms with E-state index in [1.54, 1.807) is 30.3 Å². The fraction of sp³-hybridized carbons (Fsp3) is 0.0667. The third-order valence-corrected chi connectivity index (χ3v) is 5.54. The number of aryl methyl sites for hydroxylation is 1. The summed E-state index contributed by atoms with van der Waals surface area (Å²) in [5.41, 5.74) is 2.62. The van der Waals surface area contributed by atoms with Gasteiger partial charge in [0.15, 0.2) is 0 Å². The third kappa shape index (κ3) is 3.39. The molecule has 0 bridgehead atoms. The lowest BCUT2D eigenvalue weighted by molar-refractivity contribution is 0.102. The van der Waals surface area contributed by atoms with Gasteiger partial charge in [0.2, 0.25) is 4.34 Å². The Kier molecular flexibility index (Phi) is 3.88. The molecule has 1 heterocycles.